The maximum atomic E-state index is 13.9. The third-order valence-electron chi connectivity index (χ3n) is 8.41. The van der Waals surface area contributed by atoms with Gasteiger partial charge in [-0.2, -0.15) is 39.5 Å². The Balaban J connectivity index is 1.60. The summed E-state index contributed by atoms with van der Waals surface area (Å²) < 4.78 is 130. The third kappa shape index (κ3) is 6.18. The minimum absolute atomic E-state index is 0.0266. The molecular formula is C34H22F9NO4. The van der Waals surface area contributed by atoms with Gasteiger partial charge < -0.3 is 14.7 Å². The summed E-state index contributed by atoms with van der Waals surface area (Å²) in [6.07, 6.45) is -17.2. The van der Waals surface area contributed by atoms with Gasteiger partial charge in [0, 0.05) is 17.9 Å². The summed E-state index contributed by atoms with van der Waals surface area (Å²) in [6.45, 7) is 0. The van der Waals surface area contributed by atoms with E-state index in [0.29, 0.717) is 45.7 Å². The van der Waals surface area contributed by atoms with Gasteiger partial charge in [0.05, 0.1) is 35.1 Å². The Morgan fingerprint density at radius 3 is 2.00 bits per heavy atom. The van der Waals surface area contributed by atoms with E-state index in [9.17, 15) is 49.4 Å². The molecule has 2 aliphatic rings. The molecule has 48 heavy (non-hydrogen) atoms. The van der Waals surface area contributed by atoms with Gasteiger partial charge in [0.2, 0.25) is 0 Å². The maximum absolute atomic E-state index is 13.9. The highest BCUT2D eigenvalue weighted by atomic mass is 19.4. The number of aromatic carboxylic acids is 1. The number of hydrogen-bond acceptors (Lipinski definition) is 4. The lowest BCUT2D eigenvalue weighted by Gasteiger charge is -2.23. The first-order chi connectivity index (χ1) is 22.4. The van der Waals surface area contributed by atoms with Gasteiger partial charge in [-0.05, 0) is 94.4 Å². The molecule has 1 aliphatic heterocycles. The number of alkyl halides is 9. The Morgan fingerprint density at radius 2 is 1.40 bits per heavy atom. The molecule has 6 rings (SSSR count). The zero-order chi connectivity index (χ0) is 34.8. The van der Waals surface area contributed by atoms with Crippen LogP contribution >= 0.6 is 0 Å². The van der Waals surface area contributed by atoms with Gasteiger partial charge in [-0.1, -0.05) is 23.4 Å². The second-order valence-electron chi connectivity index (χ2n) is 11.4. The fraction of sp³-hybridized carbons (Fsp3) is 0.235. The predicted molar refractivity (Wildman–Crippen MR) is 154 cm³/mol. The topological polar surface area (TPSA) is 68.1 Å². The van der Waals surface area contributed by atoms with Gasteiger partial charge in [0.25, 0.3) is 0 Å². The minimum Gasteiger partial charge on any atom is -0.496 e. The number of carboxylic acid groups (broad SMARTS) is 1. The summed E-state index contributed by atoms with van der Waals surface area (Å²) in [5.41, 5.74) is -2.73. The van der Waals surface area contributed by atoms with E-state index in [2.05, 4.69) is 5.16 Å². The summed E-state index contributed by atoms with van der Waals surface area (Å²) in [4.78, 5) is 17.5. The lowest BCUT2D eigenvalue weighted by atomic mass is 9.81. The molecule has 1 aliphatic carbocycles. The van der Waals surface area contributed by atoms with Crippen LogP contribution in [0.3, 0.4) is 0 Å². The van der Waals surface area contributed by atoms with Crippen molar-refractivity contribution >= 4 is 11.7 Å². The van der Waals surface area contributed by atoms with Crippen molar-refractivity contribution < 1.29 is 59.0 Å². The number of halogens is 9. The first kappa shape index (κ1) is 32.9. The molecule has 0 spiro atoms. The molecule has 2 bridgehead atoms. The number of carboxylic acids is 1. The van der Waals surface area contributed by atoms with Crippen LogP contribution in [0, 0.1) is 5.92 Å². The average molecular weight is 680 g/mol. The molecule has 0 saturated carbocycles. The number of rotatable bonds is 3. The first-order valence-electron chi connectivity index (χ1n) is 14.2. The van der Waals surface area contributed by atoms with Gasteiger partial charge in [-0.25, -0.2) is 4.79 Å². The zero-order valence-electron chi connectivity index (χ0n) is 24.5. The summed E-state index contributed by atoms with van der Waals surface area (Å²) in [7, 11) is 1.37. The first-order valence-corrected chi connectivity index (χ1v) is 14.2. The molecule has 0 fully saturated rings. The van der Waals surface area contributed by atoms with Crippen LogP contribution in [0.2, 0.25) is 0 Å². The molecule has 14 heteroatoms. The number of fused-ring (bicyclic) bond motifs is 7. The normalized spacial score (nSPS) is 17.7. The number of ether oxygens (including phenoxy) is 1. The van der Waals surface area contributed by atoms with Gasteiger partial charge in [-0.3, -0.25) is 0 Å². The van der Waals surface area contributed by atoms with Crippen molar-refractivity contribution in [2.45, 2.75) is 37.5 Å². The number of carbonyl (C=O) groups is 1. The fourth-order valence-corrected chi connectivity index (χ4v) is 6.14. The Hall–Kier alpha value is -5.01. The van der Waals surface area contributed by atoms with Crippen LogP contribution in [0.1, 0.15) is 49.8 Å². The van der Waals surface area contributed by atoms with Crippen molar-refractivity contribution in [3.05, 3.63) is 112 Å². The van der Waals surface area contributed by atoms with Crippen LogP contribution in [0.15, 0.2) is 78.0 Å². The average Bonchev–Trinajstić information content (AvgIpc) is 3.40. The molecule has 1 N–H and O–H groups in total. The molecule has 0 saturated heterocycles. The van der Waals surface area contributed by atoms with Crippen LogP contribution in [-0.2, 0) is 36.2 Å². The highest BCUT2D eigenvalue weighted by molar-refractivity contribution is 5.94. The van der Waals surface area contributed by atoms with Crippen LogP contribution < -0.4 is 4.74 Å². The van der Waals surface area contributed by atoms with E-state index in [0.717, 1.165) is 12.1 Å². The Labute approximate surface area is 266 Å². The summed E-state index contributed by atoms with van der Waals surface area (Å²) in [5, 5.41) is 13.8. The molecule has 2 atom stereocenters. The predicted octanol–water partition coefficient (Wildman–Crippen LogP) is 9.63. The second kappa shape index (κ2) is 11.6. The van der Waals surface area contributed by atoms with Crippen molar-refractivity contribution in [3.8, 4) is 28.0 Å². The van der Waals surface area contributed by atoms with Crippen LogP contribution in [0.5, 0.6) is 5.75 Å². The Bertz CT molecular complexity index is 1930. The molecule has 4 aromatic rings. The van der Waals surface area contributed by atoms with E-state index in [1.807, 2.05) is 0 Å². The minimum atomic E-state index is -5.16. The van der Waals surface area contributed by atoms with Crippen molar-refractivity contribution in [2.24, 2.45) is 11.1 Å². The monoisotopic (exact) mass is 679 g/mol. The Kier molecular flexibility index (Phi) is 7.95. The SMILES string of the molecule is COc1ccc2cc1-c1ccc(C(F)(F)F)cc1CC1=NO[C@@H](c3cc(C(F)(F)F)cc(C(F)(F)F)c3)[C@H]1Cc1cc(C(=O)O)ccc1-2. The summed E-state index contributed by atoms with van der Waals surface area (Å²) in [5.74, 6) is -2.13. The maximum Gasteiger partial charge on any atom is 0.416 e. The highest BCUT2D eigenvalue weighted by Gasteiger charge is 2.42. The third-order valence-corrected chi connectivity index (χ3v) is 8.41. The number of nitrogens with zero attached hydrogens (tertiary/aromatic N) is 1. The fourth-order valence-electron chi connectivity index (χ4n) is 6.14. The van der Waals surface area contributed by atoms with E-state index < -0.39 is 58.8 Å². The van der Waals surface area contributed by atoms with Crippen LogP contribution in [-0.4, -0.2) is 23.9 Å². The standard InChI is InChI=1S/C34H22F9NO4/c1-47-29-7-3-16-12-26(29)25-6-4-21(32(35,36)37)9-19(25)14-28-27(13-18-8-17(31(45)46)2-5-24(16)18)30(48-44-28)20-10-22(33(38,39)40)15-23(11-20)34(41,42)43/h2-12,15,27,30H,13-14H2,1H3,(H,45,46)/t27-,30-/m0/s1. The molecule has 0 amide bonds. The lowest BCUT2D eigenvalue weighted by Crippen LogP contribution is -2.23. The quantitative estimate of drug-likeness (QED) is 0.219. The van der Waals surface area contributed by atoms with Crippen molar-refractivity contribution in [1.82, 2.24) is 0 Å². The van der Waals surface area contributed by atoms with Gasteiger partial charge in [0.1, 0.15) is 5.75 Å². The molecule has 0 radical (unpaired) electrons. The van der Waals surface area contributed by atoms with Crippen molar-refractivity contribution in [2.75, 3.05) is 7.11 Å². The lowest BCUT2D eigenvalue weighted by molar-refractivity contribution is -0.143. The molecule has 5 nitrogen and oxygen atoms in total. The van der Waals surface area contributed by atoms with E-state index in [1.54, 1.807) is 18.2 Å². The zero-order valence-corrected chi connectivity index (χ0v) is 24.5. The molecule has 250 valence electrons. The second-order valence-corrected chi connectivity index (χ2v) is 11.4. The van der Waals surface area contributed by atoms with Crippen LogP contribution in [0.25, 0.3) is 22.3 Å². The van der Waals surface area contributed by atoms with Crippen molar-refractivity contribution in [1.29, 1.82) is 0 Å². The van der Waals surface area contributed by atoms with Crippen molar-refractivity contribution in [3.63, 3.8) is 0 Å². The van der Waals surface area contributed by atoms with Crippen LogP contribution in [0.4, 0.5) is 39.5 Å². The van der Waals surface area contributed by atoms with Gasteiger partial charge in [0.15, 0.2) is 6.10 Å². The van der Waals surface area contributed by atoms with E-state index in [4.69, 9.17) is 9.57 Å². The van der Waals surface area contributed by atoms with E-state index in [1.165, 1.54) is 31.4 Å². The van der Waals surface area contributed by atoms with E-state index in [-0.39, 0.29) is 35.7 Å². The molecule has 0 unspecified atom stereocenters. The Morgan fingerprint density at radius 1 is 0.750 bits per heavy atom. The smallest absolute Gasteiger partial charge is 0.416 e. The number of methoxy groups -OCH3 is 1. The molecule has 0 aromatic heterocycles. The molecule has 1 heterocycles. The largest absolute Gasteiger partial charge is 0.496 e. The van der Waals surface area contributed by atoms with E-state index >= 15 is 0 Å². The summed E-state index contributed by atoms with van der Waals surface area (Å²) in [6, 6.07) is 13.1. The highest BCUT2D eigenvalue weighted by Crippen LogP contribution is 2.46. The summed E-state index contributed by atoms with van der Waals surface area (Å²) >= 11 is 0. The number of hydrogen-bond donors (Lipinski definition) is 1. The van der Waals surface area contributed by atoms with Gasteiger partial charge >= 0.3 is 24.5 Å². The number of benzene rings is 4. The van der Waals surface area contributed by atoms with Gasteiger partial charge in [-0.15, -0.1) is 0 Å². The molecular weight excluding hydrogens is 657 g/mol. The molecule has 4 aromatic carbocycles. The number of oxime groups is 1.